The van der Waals surface area contributed by atoms with Gasteiger partial charge in [-0.1, -0.05) is 61.4 Å². The lowest BCUT2D eigenvalue weighted by Crippen LogP contribution is -2.01. The zero-order valence-corrected chi connectivity index (χ0v) is 12.0. The minimum atomic E-state index is -0.681. The van der Waals surface area contributed by atoms with Crippen molar-refractivity contribution < 1.29 is 9.90 Å². The van der Waals surface area contributed by atoms with E-state index < -0.39 is 5.97 Å². The number of hydrogen-bond acceptors (Lipinski definition) is 1. The van der Waals surface area contributed by atoms with Gasteiger partial charge >= 0.3 is 5.97 Å². The Bertz CT molecular complexity index is 171. The van der Waals surface area contributed by atoms with E-state index in [-0.39, 0.29) is 0 Å². The second kappa shape index (κ2) is 11.4. The summed E-state index contributed by atoms with van der Waals surface area (Å²) in [6, 6.07) is 0. The fourth-order valence-corrected chi connectivity index (χ4v) is 2.41. The molecule has 0 heterocycles. The average molecular weight is 293 g/mol. The van der Waals surface area contributed by atoms with E-state index in [1.54, 1.807) is 0 Å². The highest BCUT2D eigenvalue weighted by molar-refractivity contribution is 9.09. The molecular weight excluding hydrogens is 268 g/mol. The average Bonchev–Trinajstić information content (AvgIpc) is 2.22. The van der Waals surface area contributed by atoms with Crippen LogP contribution < -0.4 is 0 Å². The van der Waals surface area contributed by atoms with Gasteiger partial charge in [0.25, 0.3) is 0 Å². The SMILES string of the molecule is CCCCCCCCC(Br)CCCC(=O)O. The van der Waals surface area contributed by atoms with Crippen LogP contribution in [0.5, 0.6) is 0 Å². The Labute approximate surface area is 108 Å². The number of carboxylic acids is 1. The van der Waals surface area contributed by atoms with Gasteiger partial charge in [-0.25, -0.2) is 0 Å². The molecular formula is C13H25BrO2. The topological polar surface area (TPSA) is 37.3 Å². The van der Waals surface area contributed by atoms with E-state index in [1.165, 1.54) is 44.9 Å². The third-order valence-corrected chi connectivity index (χ3v) is 3.69. The molecule has 0 saturated carbocycles. The summed E-state index contributed by atoms with van der Waals surface area (Å²) >= 11 is 3.62. The summed E-state index contributed by atoms with van der Waals surface area (Å²) < 4.78 is 0. The highest BCUT2D eigenvalue weighted by atomic mass is 79.9. The predicted octanol–water partition coefficient (Wildman–Crippen LogP) is 4.76. The van der Waals surface area contributed by atoms with Gasteiger partial charge in [-0.2, -0.15) is 0 Å². The lowest BCUT2D eigenvalue weighted by molar-refractivity contribution is -0.137. The molecule has 1 atom stereocenters. The number of hydrogen-bond donors (Lipinski definition) is 1. The second-order valence-electron chi connectivity index (χ2n) is 4.44. The van der Waals surface area contributed by atoms with Crippen LogP contribution in [-0.4, -0.2) is 15.9 Å². The first-order valence-electron chi connectivity index (χ1n) is 6.52. The quantitative estimate of drug-likeness (QED) is 0.440. The Morgan fingerprint density at radius 1 is 1.06 bits per heavy atom. The molecule has 0 saturated heterocycles. The molecule has 0 aliphatic heterocycles. The molecule has 0 aliphatic carbocycles. The first-order chi connectivity index (χ1) is 7.66. The smallest absolute Gasteiger partial charge is 0.303 e. The second-order valence-corrected chi connectivity index (χ2v) is 5.73. The summed E-state index contributed by atoms with van der Waals surface area (Å²) in [4.78, 5) is 10.8. The Kier molecular flexibility index (Phi) is 11.4. The zero-order chi connectivity index (χ0) is 12.2. The molecule has 0 aromatic carbocycles. The van der Waals surface area contributed by atoms with Crippen LogP contribution in [0.4, 0.5) is 0 Å². The van der Waals surface area contributed by atoms with E-state index in [1.807, 2.05) is 0 Å². The fourth-order valence-electron chi connectivity index (χ4n) is 1.77. The van der Waals surface area contributed by atoms with Gasteiger partial charge in [-0.3, -0.25) is 4.79 Å². The van der Waals surface area contributed by atoms with Crippen LogP contribution in [-0.2, 0) is 4.79 Å². The Hall–Kier alpha value is -0.0500. The summed E-state index contributed by atoms with van der Waals surface area (Å²) in [7, 11) is 0. The monoisotopic (exact) mass is 292 g/mol. The number of alkyl halides is 1. The van der Waals surface area contributed by atoms with Gasteiger partial charge in [0.15, 0.2) is 0 Å². The highest BCUT2D eigenvalue weighted by Crippen LogP contribution is 2.18. The van der Waals surface area contributed by atoms with Crippen molar-refractivity contribution in [1.29, 1.82) is 0 Å². The van der Waals surface area contributed by atoms with E-state index in [9.17, 15) is 4.79 Å². The Morgan fingerprint density at radius 3 is 2.25 bits per heavy atom. The van der Waals surface area contributed by atoms with E-state index >= 15 is 0 Å². The Morgan fingerprint density at radius 2 is 1.62 bits per heavy atom. The maximum absolute atomic E-state index is 10.3. The molecule has 0 bridgehead atoms. The van der Waals surface area contributed by atoms with E-state index in [4.69, 9.17) is 5.11 Å². The first-order valence-corrected chi connectivity index (χ1v) is 7.44. The van der Waals surface area contributed by atoms with Crippen molar-refractivity contribution in [2.75, 3.05) is 0 Å². The van der Waals surface area contributed by atoms with Crippen molar-refractivity contribution in [3.63, 3.8) is 0 Å². The summed E-state index contributed by atoms with van der Waals surface area (Å²) in [6.45, 7) is 2.23. The molecule has 0 aromatic rings. The van der Waals surface area contributed by atoms with Crippen molar-refractivity contribution in [2.45, 2.75) is 76.0 Å². The third-order valence-electron chi connectivity index (χ3n) is 2.78. The maximum atomic E-state index is 10.3. The van der Waals surface area contributed by atoms with Crippen LogP contribution in [0.15, 0.2) is 0 Å². The van der Waals surface area contributed by atoms with Crippen molar-refractivity contribution in [3.8, 4) is 0 Å². The van der Waals surface area contributed by atoms with Crippen LogP contribution in [0.3, 0.4) is 0 Å². The van der Waals surface area contributed by atoms with Gasteiger partial charge in [-0.15, -0.1) is 0 Å². The third kappa shape index (κ3) is 12.0. The zero-order valence-electron chi connectivity index (χ0n) is 10.4. The number of unbranched alkanes of at least 4 members (excludes halogenated alkanes) is 5. The molecule has 0 rings (SSSR count). The Balaban J connectivity index is 3.17. The molecule has 0 radical (unpaired) electrons. The fraction of sp³-hybridized carbons (Fsp3) is 0.923. The highest BCUT2D eigenvalue weighted by Gasteiger charge is 2.05. The normalized spacial score (nSPS) is 12.6. The molecule has 2 nitrogen and oxygen atoms in total. The lowest BCUT2D eigenvalue weighted by atomic mass is 10.1. The van der Waals surface area contributed by atoms with E-state index in [2.05, 4.69) is 22.9 Å². The van der Waals surface area contributed by atoms with Gasteiger partial charge in [-0.05, 0) is 19.3 Å². The lowest BCUT2D eigenvalue weighted by Gasteiger charge is -2.08. The van der Waals surface area contributed by atoms with Gasteiger partial charge in [0.2, 0.25) is 0 Å². The van der Waals surface area contributed by atoms with Crippen LogP contribution in [0.1, 0.15) is 71.1 Å². The van der Waals surface area contributed by atoms with Crippen molar-refractivity contribution in [2.24, 2.45) is 0 Å². The van der Waals surface area contributed by atoms with Gasteiger partial charge in [0.1, 0.15) is 0 Å². The minimum absolute atomic E-state index is 0.304. The molecule has 0 aromatic heterocycles. The number of halogens is 1. The molecule has 0 spiro atoms. The van der Waals surface area contributed by atoms with Gasteiger partial charge in [0.05, 0.1) is 0 Å². The molecule has 3 heteroatoms. The van der Waals surface area contributed by atoms with E-state index in [0.717, 1.165) is 12.8 Å². The number of aliphatic carboxylic acids is 1. The van der Waals surface area contributed by atoms with Crippen LogP contribution >= 0.6 is 15.9 Å². The van der Waals surface area contributed by atoms with Gasteiger partial charge < -0.3 is 5.11 Å². The summed E-state index contributed by atoms with van der Waals surface area (Å²) in [5.74, 6) is -0.681. The van der Waals surface area contributed by atoms with Crippen LogP contribution in [0.2, 0.25) is 0 Å². The minimum Gasteiger partial charge on any atom is -0.481 e. The molecule has 1 unspecified atom stereocenters. The van der Waals surface area contributed by atoms with Crippen LogP contribution in [0.25, 0.3) is 0 Å². The number of carbonyl (C=O) groups is 1. The molecule has 16 heavy (non-hydrogen) atoms. The van der Waals surface area contributed by atoms with Crippen molar-refractivity contribution in [1.82, 2.24) is 0 Å². The molecule has 96 valence electrons. The largest absolute Gasteiger partial charge is 0.481 e. The number of carboxylic acid groups (broad SMARTS) is 1. The molecule has 1 N–H and O–H groups in total. The number of rotatable bonds is 11. The molecule has 0 fully saturated rings. The van der Waals surface area contributed by atoms with Crippen molar-refractivity contribution >= 4 is 21.9 Å². The van der Waals surface area contributed by atoms with Crippen molar-refractivity contribution in [3.05, 3.63) is 0 Å². The van der Waals surface area contributed by atoms with E-state index in [0.29, 0.717) is 11.2 Å². The standard InChI is InChI=1S/C13H25BrO2/c1-2-3-4-5-6-7-9-12(14)10-8-11-13(15)16/h12H,2-11H2,1H3,(H,15,16). The first kappa shape index (κ1) is 16.0. The predicted molar refractivity (Wildman–Crippen MR) is 72.2 cm³/mol. The summed E-state index contributed by atoms with van der Waals surface area (Å²) in [6.07, 6.45) is 11.2. The molecule has 0 aliphatic rings. The summed E-state index contributed by atoms with van der Waals surface area (Å²) in [5, 5.41) is 8.51. The van der Waals surface area contributed by atoms with Gasteiger partial charge in [0, 0.05) is 11.2 Å². The van der Waals surface area contributed by atoms with Crippen LogP contribution in [0, 0.1) is 0 Å². The maximum Gasteiger partial charge on any atom is 0.303 e. The summed E-state index contributed by atoms with van der Waals surface area (Å²) in [5.41, 5.74) is 0. The molecule has 0 amide bonds.